The molecule has 4 rings (SSSR count). The topological polar surface area (TPSA) is 88.0 Å². The summed E-state index contributed by atoms with van der Waals surface area (Å²) in [4.78, 5) is 31.7. The second-order valence-electron chi connectivity index (χ2n) is 7.34. The number of hydrogen-bond acceptors (Lipinski definition) is 4. The van der Waals surface area contributed by atoms with E-state index in [0.29, 0.717) is 21.2 Å². The number of imidazole rings is 1. The van der Waals surface area contributed by atoms with Crippen molar-refractivity contribution >= 4 is 52.1 Å². The second kappa shape index (κ2) is 8.07. The van der Waals surface area contributed by atoms with Crippen molar-refractivity contribution in [2.75, 3.05) is 0 Å². The first kappa shape index (κ1) is 21.5. The molecule has 6 nitrogen and oxygen atoms in total. The van der Waals surface area contributed by atoms with E-state index in [1.807, 2.05) is 30.3 Å². The summed E-state index contributed by atoms with van der Waals surface area (Å²) in [6, 6.07) is 15.9. The van der Waals surface area contributed by atoms with Gasteiger partial charge in [0, 0.05) is 14.7 Å². The first-order valence-electron chi connectivity index (χ1n) is 9.26. The van der Waals surface area contributed by atoms with E-state index in [-0.39, 0.29) is 16.1 Å². The molecule has 0 aliphatic carbocycles. The minimum atomic E-state index is -1.18. The molecule has 2 heterocycles. The van der Waals surface area contributed by atoms with E-state index in [0.717, 1.165) is 10.5 Å². The fourth-order valence-electron chi connectivity index (χ4n) is 3.35. The van der Waals surface area contributed by atoms with E-state index in [1.54, 1.807) is 23.9 Å². The molecule has 0 aliphatic rings. The SMILES string of the molecule is CC(C)(Sc1ccc(Cl)c(-n2c(=O)[nH]c3ccc(C(=O)O)nc32)c1)c1ccccc1Cl. The number of nitrogens with zero attached hydrogens (tertiary/aromatic N) is 2. The molecule has 31 heavy (non-hydrogen) atoms. The average molecular weight is 474 g/mol. The lowest BCUT2D eigenvalue weighted by molar-refractivity contribution is 0.0691. The highest BCUT2D eigenvalue weighted by molar-refractivity contribution is 8.00. The lowest BCUT2D eigenvalue weighted by Crippen LogP contribution is -2.16. The number of benzene rings is 2. The summed E-state index contributed by atoms with van der Waals surface area (Å²) in [6.45, 7) is 4.12. The number of pyridine rings is 1. The summed E-state index contributed by atoms with van der Waals surface area (Å²) in [5, 5.41) is 10.3. The monoisotopic (exact) mass is 473 g/mol. The van der Waals surface area contributed by atoms with Gasteiger partial charge in [-0.3, -0.25) is 0 Å². The number of fused-ring (bicyclic) bond motifs is 1. The molecule has 0 unspecified atom stereocenters. The number of aromatic amines is 1. The molecule has 0 atom stereocenters. The second-order valence-corrected chi connectivity index (χ2v) is 9.85. The number of thioether (sulfide) groups is 1. The molecule has 2 aromatic heterocycles. The minimum Gasteiger partial charge on any atom is -0.477 e. The van der Waals surface area contributed by atoms with Gasteiger partial charge < -0.3 is 10.1 Å². The standard InChI is InChI=1S/C22H17Cl2N3O3S/c1-22(2,13-5-3-4-6-14(13)23)31-12-7-8-15(24)18(11-12)27-19-16(26-21(27)30)9-10-17(25-19)20(28)29/h3-11H,1-2H3,(H,26,30)(H,28,29). The molecule has 0 amide bonds. The first-order valence-corrected chi connectivity index (χ1v) is 10.8. The van der Waals surface area contributed by atoms with Crippen molar-refractivity contribution in [1.29, 1.82) is 0 Å². The largest absolute Gasteiger partial charge is 0.477 e. The molecule has 0 saturated heterocycles. The van der Waals surface area contributed by atoms with Gasteiger partial charge in [0.2, 0.25) is 0 Å². The quantitative estimate of drug-likeness (QED) is 0.360. The number of halogens is 2. The molecule has 0 radical (unpaired) electrons. The van der Waals surface area contributed by atoms with E-state index in [9.17, 15) is 14.7 Å². The van der Waals surface area contributed by atoms with Crippen LogP contribution in [0.15, 0.2) is 64.3 Å². The summed E-state index contributed by atoms with van der Waals surface area (Å²) in [6.07, 6.45) is 0. The summed E-state index contributed by atoms with van der Waals surface area (Å²) in [5.41, 5.74) is 1.38. The van der Waals surface area contributed by atoms with Gasteiger partial charge >= 0.3 is 11.7 Å². The summed E-state index contributed by atoms with van der Waals surface area (Å²) in [5.74, 6) is -1.18. The maximum absolute atomic E-state index is 12.7. The predicted octanol–water partition coefficient (Wildman–Crippen LogP) is 5.75. The predicted molar refractivity (Wildman–Crippen MR) is 124 cm³/mol. The maximum Gasteiger partial charge on any atom is 0.354 e. The molecule has 0 fully saturated rings. The summed E-state index contributed by atoms with van der Waals surface area (Å²) < 4.78 is 0.931. The number of H-pyrrole nitrogens is 1. The molecule has 9 heteroatoms. The van der Waals surface area contributed by atoms with Crippen molar-refractivity contribution in [3.8, 4) is 5.69 Å². The zero-order valence-electron chi connectivity index (χ0n) is 16.5. The Kier molecular flexibility index (Phi) is 5.60. The normalized spacial score (nSPS) is 11.7. The van der Waals surface area contributed by atoms with Gasteiger partial charge in [-0.05, 0) is 55.8 Å². The van der Waals surface area contributed by atoms with Crippen molar-refractivity contribution in [2.45, 2.75) is 23.5 Å². The molecule has 0 spiro atoms. The van der Waals surface area contributed by atoms with Crippen LogP contribution in [0.3, 0.4) is 0 Å². The van der Waals surface area contributed by atoms with Crippen LogP contribution < -0.4 is 5.69 Å². The van der Waals surface area contributed by atoms with Gasteiger partial charge in [0.05, 0.1) is 16.2 Å². The van der Waals surface area contributed by atoms with Crippen LogP contribution in [-0.4, -0.2) is 25.6 Å². The van der Waals surface area contributed by atoms with E-state index in [4.69, 9.17) is 23.2 Å². The fourth-order valence-corrected chi connectivity index (χ4v) is 5.17. The number of carbonyl (C=O) groups is 1. The Bertz CT molecular complexity index is 1380. The molecule has 0 bridgehead atoms. The van der Waals surface area contributed by atoms with Gasteiger partial charge in [0.15, 0.2) is 11.3 Å². The van der Waals surface area contributed by atoms with Crippen LogP contribution >= 0.6 is 35.0 Å². The number of carboxylic acids is 1. The molecule has 2 N–H and O–H groups in total. The van der Waals surface area contributed by atoms with Crippen molar-refractivity contribution in [3.05, 3.63) is 86.4 Å². The third-order valence-corrected chi connectivity index (χ3v) is 6.67. The Morgan fingerprint density at radius 3 is 2.55 bits per heavy atom. The number of carboxylic acid groups (broad SMARTS) is 1. The van der Waals surface area contributed by atoms with Crippen molar-refractivity contribution in [2.24, 2.45) is 0 Å². The van der Waals surface area contributed by atoms with Crippen molar-refractivity contribution in [1.82, 2.24) is 14.5 Å². The van der Waals surface area contributed by atoms with Crippen LogP contribution in [0, 0.1) is 0 Å². The number of hydrogen-bond donors (Lipinski definition) is 2. The molecule has 0 aliphatic heterocycles. The van der Waals surface area contributed by atoms with Gasteiger partial charge in [0.25, 0.3) is 0 Å². The fraction of sp³-hybridized carbons (Fsp3) is 0.136. The zero-order chi connectivity index (χ0) is 22.3. The number of nitrogens with one attached hydrogen (secondary N) is 1. The van der Waals surface area contributed by atoms with Crippen LogP contribution in [0.25, 0.3) is 16.9 Å². The Morgan fingerprint density at radius 1 is 1.10 bits per heavy atom. The first-order chi connectivity index (χ1) is 14.7. The molecular weight excluding hydrogens is 457 g/mol. The zero-order valence-corrected chi connectivity index (χ0v) is 18.8. The lowest BCUT2D eigenvalue weighted by Gasteiger charge is -2.26. The number of aromatic carboxylic acids is 1. The van der Waals surface area contributed by atoms with Gasteiger partial charge in [-0.25, -0.2) is 19.1 Å². The molecule has 158 valence electrons. The Labute approximate surface area is 191 Å². The van der Waals surface area contributed by atoms with E-state index in [2.05, 4.69) is 23.8 Å². The highest BCUT2D eigenvalue weighted by atomic mass is 35.5. The third-order valence-electron chi connectivity index (χ3n) is 4.80. The Balaban J connectivity index is 1.82. The van der Waals surface area contributed by atoms with Gasteiger partial charge in [0.1, 0.15) is 0 Å². The van der Waals surface area contributed by atoms with Crippen molar-refractivity contribution < 1.29 is 9.90 Å². The van der Waals surface area contributed by atoms with Gasteiger partial charge in [-0.15, -0.1) is 11.8 Å². The molecule has 0 saturated carbocycles. The van der Waals surface area contributed by atoms with Crippen LogP contribution in [0.1, 0.15) is 29.9 Å². The highest BCUT2D eigenvalue weighted by Gasteiger charge is 2.25. The highest BCUT2D eigenvalue weighted by Crippen LogP contribution is 2.44. The average Bonchev–Trinajstić information content (AvgIpc) is 3.04. The number of rotatable bonds is 5. The van der Waals surface area contributed by atoms with Crippen LogP contribution in [0.5, 0.6) is 0 Å². The Hall–Kier alpha value is -2.74. The molecule has 2 aromatic carbocycles. The van der Waals surface area contributed by atoms with Crippen LogP contribution in [0.2, 0.25) is 10.0 Å². The summed E-state index contributed by atoms with van der Waals surface area (Å²) in [7, 11) is 0. The minimum absolute atomic E-state index is 0.165. The number of aromatic nitrogens is 3. The molecular formula is C22H17Cl2N3O3S. The lowest BCUT2D eigenvalue weighted by atomic mass is 10.0. The van der Waals surface area contributed by atoms with Crippen LogP contribution in [-0.2, 0) is 4.75 Å². The van der Waals surface area contributed by atoms with Gasteiger partial charge in [-0.1, -0.05) is 41.4 Å². The van der Waals surface area contributed by atoms with E-state index >= 15 is 0 Å². The van der Waals surface area contributed by atoms with E-state index < -0.39 is 11.7 Å². The van der Waals surface area contributed by atoms with Gasteiger partial charge in [-0.2, -0.15) is 0 Å². The van der Waals surface area contributed by atoms with Crippen molar-refractivity contribution in [3.63, 3.8) is 0 Å². The molecule has 4 aromatic rings. The maximum atomic E-state index is 12.7. The van der Waals surface area contributed by atoms with Crippen LogP contribution in [0.4, 0.5) is 0 Å². The third kappa shape index (κ3) is 4.08. The Morgan fingerprint density at radius 2 is 1.84 bits per heavy atom. The van der Waals surface area contributed by atoms with E-state index in [1.165, 1.54) is 16.7 Å². The summed E-state index contributed by atoms with van der Waals surface area (Å²) >= 11 is 14.4. The smallest absolute Gasteiger partial charge is 0.354 e.